The standard InChI is InChI=1S/C13H8F3N7/c14-13(15,16)6-5-18-12(17)19-9(6)10-8-7-3-1-2-4-23(7)22-11(8)21-20-10/h1-5H,(H,21,22)(H2,17,18,19). The number of pyridine rings is 1. The molecule has 0 aromatic carbocycles. The van der Waals surface area contributed by atoms with Crippen LogP contribution >= 0.6 is 0 Å². The molecule has 3 N–H and O–H groups in total. The van der Waals surface area contributed by atoms with E-state index in [-0.39, 0.29) is 17.3 Å². The molecular formula is C13H8F3N7. The van der Waals surface area contributed by atoms with E-state index in [9.17, 15) is 13.2 Å². The second kappa shape index (κ2) is 4.41. The zero-order valence-corrected chi connectivity index (χ0v) is 11.3. The second-order valence-corrected chi connectivity index (χ2v) is 4.81. The molecule has 0 atom stereocenters. The van der Waals surface area contributed by atoms with Gasteiger partial charge in [-0.25, -0.2) is 14.5 Å². The maximum atomic E-state index is 13.2. The highest BCUT2D eigenvalue weighted by Gasteiger charge is 2.36. The minimum absolute atomic E-state index is 0.0302. The summed E-state index contributed by atoms with van der Waals surface area (Å²) in [5, 5.41) is 11.2. The van der Waals surface area contributed by atoms with Crippen LogP contribution in [0.15, 0.2) is 30.6 Å². The molecule has 0 spiro atoms. The van der Waals surface area contributed by atoms with Gasteiger partial charge in [-0.15, -0.1) is 5.10 Å². The molecule has 23 heavy (non-hydrogen) atoms. The summed E-state index contributed by atoms with van der Waals surface area (Å²) in [4.78, 5) is 7.18. The number of H-pyrrole nitrogens is 1. The van der Waals surface area contributed by atoms with Gasteiger partial charge in [-0.2, -0.15) is 18.3 Å². The van der Waals surface area contributed by atoms with Gasteiger partial charge in [0, 0.05) is 12.4 Å². The fourth-order valence-electron chi connectivity index (χ4n) is 2.43. The van der Waals surface area contributed by atoms with E-state index in [1.54, 1.807) is 28.9 Å². The van der Waals surface area contributed by atoms with Crippen molar-refractivity contribution in [1.82, 2.24) is 29.8 Å². The number of nitrogens with two attached hydrogens (primary N) is 1. The molecule has 4 aromatic heterocycles. The number of fused-ring (bicyclic) bond motifs is 3. The summed E-state index contributed by atoms with van der Waals surface area (Å²) in [6.07, 6.45) is -2.28. The minimum atomic E-state index is -4.63. The minimum Gasteiger partial charge on any atom is -0.368 e. The molecule has 0 amide bonds. The lowest BCUT2D eigenvalue weighted by Gasteiger charge is -2.10. The first-order chi connectivity index (χ1) is 10.9. The van der Waals surface area contributed by atoms with Gasteiger partial charge >= 0.3 is 6.18 Å². The number of aromatic nitrogens is 6. The number of alkyl halides is 3. The van der Waals surface area contributed by atoms with Gasteiger partial charge < -0.3 is 5.73 Å². The van der Waals surface area contributed by atoms with E-state index in [0.29, 0.717) is 22.7 Å². The van der Waals surface area contributed by atoms with Gasteiger partial charge in [0.05, 0.1) is 10.9 Å². The molecule has 0 saturated carbocycles. The van der Waals surface area contributed by atoms with Crippen LogP contribution in [0.3, 0.4) is 0 Å². The molecule has 116 valence electrons. The lowest BCUT2D eigenvalue weighted by molar-refractivity contribution is -0.137. The topological polar surface area (TPSA) is 97.8 Å². The molecule has 7 nitrogen and oxygen atoms in total. The number of nitrogen functional groups attached to an aromatic ring is 1. The third-order valence-electron chi connectivity index (χ3n) is 3.39. The molecule has 4 heterocycles. The van der Waals surface area contributed by atoms with Crippen LogP contribution in [0.1, 0.15) is 5.56 Å². The van der Waals surface area contributed by atoms with Crippen LogP contribution in [0.4, 0.5) is 19.1 Å². The van der Waals surface area contributed by atoms with Crippen molar-refractivity contribution in [3.8, 4) is 11.4 Å². The van der Waals surface area contributed by atoms with E-state index in [1.165, 1.54) is 0 Å². The van der Waals surface area contributed by atoms with Crippen LogP contribution < -0.4 is 5.73 Å². The smallest absolute Gasteiger partial charge is 0.368 e. The summed E-state index contributed by atoms with van der Waals surface area (Å²) in [7, 11) is 0. The molecule has 0 radical (unpaired) electrons. The molecule has 0 aliphatic heterocycles. The highest BCUT2D eigenvalue weighted by molar-refractivity contribution is 6.02. The van der Waals surface area contributed by atoms with E-state index >= 15 is 0 Å². The summed E-state index contributed by atoms with van der Waals surface area (Å²) < 4.78 is 41.2. The van der Waals surface area contributed by atoms with Gasteiger partial charge in [0.25, 0.3) is 0 Å². The molecule has 4 aromatic rings. The fourth-order valence-corrected chi connectivity index (χ4v) is 2.43. The van der Waals surface area contributed by atoms with Crippen molar-refractivity contribution in [3.05, 3.63) is 36.2 Å². The summed E-state index contributed by atoms with van der Waals surface area (Å²) >= 11 is 0. The maximum absolute atomic E-state index is 13.2. The van der Waals surface area contributed by atoms with Crippen LogP contribution in [-0.2, 0) is 6.18 Å². The summed E-state index contributed by atoms with van der Waals surface area (Å²) in [5.41, 5.74) is 5.07. The Labute approximate surface area is 126 Å². The molecule has 0 aliphatic carbocycles. The predicted molar refractivity (Wildman–Crippen MR) is 75.3 cm³/mol. The Morgan fingerprint density at radius 1 is 1.17 bits per heavy atom. The van der Waals surface area contributed by atoms with Crippen molar-refractivity contribution in [1.29, 1.82) is 0 Å². The average molecular weight is 319 g/mol. The number of hydrogen-bond acceptors (Lipinski definition) is 5. The van der Waals surface area contributed by atoms with Crippen molar-refractivity contribution in [2.75, 3.05) is 5.73 Å². The van der Waals surface area contributed by atoms with E-state index < -0.39 is 11.7 Å². The van der Waals surface area contributed by atoms with Gasteiger partial charge in [-0.05, 0) is 12.1 Å². The van der Waals surface area contributed by atoms with Crippen molar-refractivity contribution in [2.24, 2.45) is 0 Å². The predicted octanol–water partition coefficient (Wildman–Crippen LogP) is 2.27. The first kappa shape index (κ1) is 13.5. The Kier molecular flexibility index (Phi) is 2.59. The van der Waals surface area contributed by atoms with E-state index in [4.69, 9.17) is 5.73 Å². The molecular weight excluding hydrogens is 311 g/mol. The summed E-state index contributed by atoms with van der Waals surface area (Å²) in [6.45, 7) is 0. The highest BCUT2D eigenvalue weighted by Crippen LogP contribution is 2.38. The molecule has 10 heteroatoms. The molecule has 4 rings (SSSR count). The van der Waals surface area contributed by atoms with Gasteiger partial charge in [0.1, 0.15) is 17.0 Å². The number of nitrogens with zero attached hydrogens (tertiary/aromatic N) is 5. The lowest BCUT2D eigenvalue weighted by Crippen LogP contribution is -2.11. The largest absolute Gasteiger partial charge is 0.420 e. The average Bonchev–Trinajstić information content (AvgIpc) is 3.04. The van der Waals surface area contributed by atoms with E-state index in [2.05, 4.69) is 25.3 Å². The van der Waals surface area contributed by atoms with Crippen molar-refractivity contribution in [3.63, 3.8) is 0 Å². The summed E-state index contributed by atoms with van der Waals surface area (Å²) in [5.74, 6) is -0.263. The van der Waals surface area contributed by atoms with E-state index in [1.807, 2.05) is 0 Å². The quantitative estimate of drug-likeness (QED) is 0.561. The molecule has 0 aliphatic rings. The van der Waals surface area contributed by atoms with Crippen molar-refractivity contribution >= 4 is 22.5 Å². The first-order valence-corrected chi connectivity index (χ1v) is 6.46. The number of halogens is 3. The van der Waals surface area contributed by atoms with Crippen LogP contribution in [-0.4, -0.2) is 29.8 Å². The highest BCUT2D eigenvalue weighted by atomic mass is 19.4. The fraction of sp³-hybridized carbons (Fsp3) is 0.0769. The van der Waals surface area contributed by atoms with Crippen LogP contribution in [0, 0.1) is 0 Å². The third-order valence-corrected chi connectivity index (χ3v) is 3.39. The van der Waals surface area contributed by atoms with Crippen molar-refractivity contribution < 1.29 is 13.2 Å². The molecule has 0 bridgehead atoms. The SMILES string of the molecule is Nc1ncc(C(F)(F)F)c(-c2n[nH]c3nn4ccccc4c23)n1. The normalized spacial score (nSPS) is 12.3. The molecule has 0 saturated heterocycles. The molecule has 0 unspecified atom stereocenters. The number of nitrogens with one attached hydrogen (secondary N) is 1. The van der Waals surface area contributed by atoms with Crippen LogP contribution in [0.25, 0.3) is 27.9 Å². The number of hydrogen-bond donors (Lipinski definition) is 2. The molecule has 0 fully saturated rings. The lowest BCUT2D eigenvalue weighted by atomic mass is 10.1. The van der Waals surface area contributed by atoms with Gasteiger partial charge in [0.15, 0.2) is 5.65 Å². The van der Waals surface area contributed by atoms with Crippen LogP contribution in [0.2, 0.25) is 0 Å². The maximum Gasteiger partial charge on any atom is 0.420 e. The van der Waals surface area contributed by atoms with Crippen molar-refractivity contribution in [2.45, 2.75) is 6.18 Å². The number of aromatic amines is 1. The van der Waals surface area contributed by atoms with Gasteiger partial charge in [-0.1, -0.05) is 6.07 Å². The first-order valence-electron chi connectivity index (χ1n) is 6.46. The monoisotopic (exact) mass is 319 g/mol. The van der Waals surface area contributed by atoms with Gasteiger partial charge in [-0.3, -0.25) is 5.10 Å². The van der Waals surface area contributed by atoms with E-state index in [0.717, 1.165) is 0 Å². The zero-order chi connectivity index (χ0) is 16.2. The Balaban J connectivity index is 2.09. The van der Waals surface area contributed by atoms with Crippen LogP contribution in [0.5, 0.6) is 0 Å². The zero-order valence-electron chi connectivity index (χ0n) is 11.3. The number of rotatable bonds is 1. The third kappa shape index (κ3) is 1.99. The Hall–Kier alpha value is -3.17. The second-order valence-electron chi connectivity index (χ2n) is 4.81. The number of anilines is 1. The summed E-state index contributed by atoms with van der Waals surface area (Å²) in [6, 6.07) is 5.24. The Bertz CT molecular complexity index is 1030. The van der Waals surface area contributed by atoms with Gasteiger partial charge in [0.2, 0.25) is 5.95 Å². The Morgan fingerprint density at radius 2 is 2.00 bits per heavy atom. The Morgan fingerprint density at radius 3 is 2.78 bits per heavy atom.